The zero-order chi connectivity index (χ0) is 10.4. The maximum atomic E-state index is 4.02. The van der Waals surface area contributed by atoms with Crippen LogP contribution < -0.4 is 4.90 Å². The van der Waals surface area contributed by atoms with Crippen molar-refractivity contribution in [3.05, 3.63) is 33.4 Å². The number of H-pyrrole nitrogens is 1. The number of aromatic amines is 1. The van der Waals surface area contributed by atoms with Crippen LogP contribution in [0.2, 0.25) is 0 Å². The molecule has 0 amide bonds. The molecule has 3 heterocycles. The fourth-order valence-electron chi connectivity index (χ4n) is 2.09. The molecule has 78 valence electrons. The Kier molecular flexibility index (Phi) is 2.10. The molecule has 15 heavy (non-hydrogen) atoms. The maximum absolute atomic E-state index is 4.02. The van der Waals surface area contributed by atoms with Gasteiger partial charge in [0, 0.05) is 31.4 Å². The molecule has 0 aliphatic carbocycles. The molecule has 0 spiro atoms. The first kappa shape index (κ1) is 9.42. The van der Waals surface area contributed by atoms with Crippen molar-refractivity contribution in [3.63, 3.8) is 0 Å². The Morgan fingerprint density at radius 3 is 3.27 bits per heavy atom. The summed E-state index contributed by atoms with van der Waals surface area (Å²) in [5.41, 5.74) is 2.60. The Bertz CT molecular complexity index is 477. The van der Waals surface area contributed by atoms with E-state index >= 15 is 0 Å². The topological polar surface area (TPSA) is 31.9 Å². The second-order valence-corrected chi connectivity index (χ2v) is 6.17. The quantitative estimate of drug-likeness (QED) is 0.873. The van der Waals surface area contributed by atoms with Gasteiger partial charge in [-0.05, 0) is 33.6 Å². The highest BCUT2D eigenvalue weighted by atomic mass is 79.9. The molecule has 1 atom stereocenters. The Labute approximate surface area is 100 Å². The highest BCUT2D eigenvalue weighted by Gasteiger charge is 2.30. The fraction of sp³-hybridized carbons (Fsp3) is 0.300. The van der Waals surface area contributed by atoms with Crippen molar-refractivity contribution in [3.8, 4) is 0 Å². The third-order valence-electron chi connectivity index (χ3n) is 2.79. The number of rotatable bonds is 1. The molecule has 0 radical (unpaired) electrons. The standard InChI is InChI=1S/C10H10BrN3S/c1-14-5-7(8-2-3-12-13-8)6-4-9(11)15-10(6)14/h2-4,7H,5H2,1H3,(H,12,13). The van der Waals surface area contributed by atoms with E-state index in [2.05, 4.69) is 50.2 Å². The van der Waals surface area contributed by atoms with E-state index < -0.39 is 0 Å². The summed E-state index contributed by atoms with van der Waals surface area (Å²) in [6.45, 7) is 1.04. The van der Waals surface area contributed by atoms with Crippen LogP contribution in [-0.4, -0.2) is 23.8 Å². The molecule has 0 saturated carbocycles. The Morgan fingerprint density at radius 1 is 1.67 bits per heavy atom. The van der Waals surface area contributed by atoms with Crippen LogP contribution in [0.1, 0.15) is 17.2 Å². The van der Waals surface area contributed by atoms with Crippen LogP contribution in [0.5, 0.6) is 0 Å². The molecular formula is C10H10BrN3S. The smallest absolute Gasteiger partial charge is 0.0958 e. The third-order valence-corrected chi connectivity index (χ3v) is 4.55. The lowest BCUT2D eigenvalue weighted by Gasteiger charge is -2.11. The number of hydrogen-bond acceptors (Lipinski definition) is 3. The van der Waals surface area contributed by atoms with Crippen LogP contribution in [0.15, 0.2) is 22.1 Å². The van der Waals surface area contributed by atoms with E-state index in [1.54, 1.807) is 11.3 Å². The van der Waals surface area contributed by atoms with Gasteiger partial charge in [-0.25, -0.2) is 0 Å². The van der Waals surface area contributed by atoms with Crippen molar-refractivity contribution in [1.29, 1.82) is 0 Å². The summed E-state index contributed by atoms with van der Waals surface area (Å²) in [5, 5.41) is 8.44. The monoisotopic (exact) mass is 283 g/mol. The Morgan fingerprint density at radius 2 is 2.53 bits per heavy atom. The zero-order valence-electron chi connectivity index (χ0n) is 8.20. The first-order valence-electron chi connectivity index (χ1n) is 4.75. The van der Waals surface area contributed by atoms with Gasteiger partial charge in [0.05, 0.1) is 8.79 Å². The van der Waals surface area contributed by atoms with E-state index in [9.17, 15) is 0 Å². The number of hydrogen-bond donors (Lipinski definition) is 1. The molecule has 2 aromatic rings. The highest BCUT2D eigenvalue weighted by molar-refractivity contribution is 9.11. The van der Waals surface area contributed by atoms with Gasteiger partial charge in [-0.15, -0.1) is 11.3 Å². The molecule has 1 aliphatic rings. The second kappa shape index (κ2) is 3.35. The van der Waals surface area contributed by atoms with Crippen LogP contribution in [0.4, 0.5) is 5.00 Å². The van der Waals surface area contributed by atoms with Crippen LogP contribution in [0.3, 0.4) is 0 Å². The van der Waals surface area contributed by atoms with Crippen molar-refractivity contribution >= 4 is 32.3 Å². The SMILES string of the molecule is CN1CC(c2ccn[nH]2)c2cc(Br)sc21. The average molecular weight is 284 g/mol. The van der Waals surface area contributed by atoms with Gasteiger partial charge < -0.3 is 4.90 Å². The van der Waals surface area contributed by atoms with Gasteiger partial charge in [-0.1, -0.05) is 0 Å². The van der Waals surface area contributed by atoms with Crippen LogP contribution in [0.25, 0.3) is 0 Å². The number of nitrogens with one attached hydrogen (secondary N) is 1. The lowest BCUT2D eigenvalue weighted by molar-refractivity contribution is 0.798. The Balaban J connectivity index is 2.08. The summed E-state index contributed by atoms with van der Waals surface area (Å²) < 4.78 is 1.20. The molecule has 0 saturated heterocycles. The first-order chi connectivity index (χ1) is 7.25. The van der Waals surface area contributed by atoms with Crippen molar-refractivity contribution < 1.29 is 0 Å². The lowest BCUT2D eigenvalue weighted by Crippen LogP contribution is -2.15. The molecule has 0 bridgehead atoms. The van der Waals surface area contributed by atoms with E-state index in [0.29, 0.717) is 5.92 Å². The summed E-state index contributed by atoms with van der Waals surface area (Å²) in [4.78, 5) is 2.30. The highest BCUT2D eigenvalue weighted by Crippen LogP contribution is 2.45. The van der Waals surface area contributed by atoms with E-state index in [4.69, 9.17) is 0 Å². The fourth-order valence-corrected chi connectivity index (χ4v) is 3.72. The molecule has 2 aromatic heterocycles. The minimum Gasteiger partial charge on any atom is -0.365 e. The molecule has 3 rings (SSSR count). The lowest BCUT2D eigenvalue weighted by atomic mass is 10.0. The van der Waals surface area contributed by atoms with Crippen LogP contribution in [-0.2, 0) is 0 Å². The number of fused-ring (bicyclic) bond motifs is 1. The molecule has 0 aromatic carbocycles. The summed E-state index contributed by atoms with van der Waals surface area (Å²) in [6, 6.07) is 4.27. The third kappa shape index (κ3) is 1.41. The van der Waals surface area contributed by atoms with E-state index in [1.807, 2.05) is 6.20 Å². The summed E-state index contributed by atoms with van der Waals surface area (Å²) in [6.07, 6.45) is 1.81. The van der Waals surface area contributed by atoms with Gasteiger partial charge in [0.15, 0.2) is 0 Å². The van der Waals surface area contributed by atoms with Gasteiger partial charge in [0.2, 0.25) is 0 Å². The first-order valence-corrected chi connectivity index (χ1v) is 6.36. The second-order valence-electron chi connectivity index (χ2n) is 3.76. The zero-order valence-corrected chi connectivity index (χ0v) is 10.6. The average Bonchev–Trinajstić information content (AvgIpc) is 2.85. The predicted octanol–water partition coefficient (Wildman–Crippen LogP) is 2.82. The van der Waals surface area contributed by atoms with E-state index in [-0.39, 0.29) is 0 Å². The largest absolute Gasteiger partial charge is 0.365 e. The molecule has 1 N–H and O–H groups in total. The van der Waals surface area contributed by atoms with E-state index in [1.165, 1.54) is 20.0 Å². The van der Waals surface area contributed by atoms with Crippen molar-refractivity contribution in [2.45, 2.75) is 5.92 Å². The van der Waals surface area contributed by atoms with Crippen molar-refractivity contribution in [2.24, 2.45) is 0 Å². The van der Waals surface area contributed by atoms with Gasteiger partial charge in [0.1, 0.15) is 0 Å². The van der Waals surface area contributed by atoms with Crippen molar-refractivity contribution in [1.82, 2.24) is 10.2 Å². The van der Waals surface area contributed by atoms with Crippen LogP contribution >= 0.6 is 27.3 Å². The molecule has 1 aliphatic heterocycles. The summed E-state index contributed by atoms with van der Waals surface area (Å²) in [7, 11) is 2.14. The van der Waals surface area contributed by atoms with Gasteiger partial charge >= 0.3 is 0 Å². The normalized spacial score (nSPS) is 19.6. The molecule has 1 unspecified atom stereocenters. The molecular weight excluding hydrogens is 274 g/mol. The van der Waals surface area contributed by atoms with Gasteiger partial charge in [-0.3, -0.25) is 5.10 Å². The van der Waals surface area contributed by atoms with Crippen molar-refractivity contribution in [2.75, 3.05) is 18.5 Å². The number of anilines is 1. The van der Waals surface area contributed by atoms with Crippen LogP contribution in [0, 0.1) is 0 Å². The number of nitrogens with zero attached hydrogens (tertiary/aromatic N) is 2. The minimum absolute atomic E-state index is 0.440. The minimum atomic E-state index is 0.440. The summed E-state index contributed by atoms with van der Waals surface area (Å²) >= 11 is 5.34. The summed E-state index contributed by atoms with van der Waals surface area (Å²) in [5.74, 6) is 0.440. The number of thiophene rings is 1. The number of likely N-dealkylation sites (N-methyl/N-ethyl adjacent to an activating group) is 1. The maximum Gasteiger partial charge on any atom is 0.0958 e. The Hall–Kier alpha value is -0.810. The number of aromatic nitrogens is 2. The molecule has 3 nitrogen and oxygen atoms in total. The van der Waals surface area contributed by atoms with Gasteiger partial charge in [-0.2, -0.15) is 5.10 Å². The van der Waals surface area contributed by atoms with E-state index in [0.717, 1.165) is 6.54 Å². The molecule has 5 heteroatoms. The molecule has 0 fully saturated rings. The number of halogens is 1. The predicted molar refractivity (Wildman–Crippen MR) is 65.7 cm³/mol. The van der Waals surface area contributed by atoms with Gasteiger partial charge in [0.25, 0.3) is 0 Å².